The van der Waals surface area contributed by atoms with Crippen molar-refractivity contribution in [3.05, 3.63) is 118 Å². The number of aldehydes is 1. The molecule has 0 spiro atoms. The molecule has 194 valence electrons. The number of anilines is 1. The van der Waals surface area contributed by atoms with E-state index in [9.17, 15) is 4.79 Å². The quantitative estimate of drug-likeness (QED) is 0.172. The molecule has 4 aromatic rings. The van der Waals surface area contributed by atoms with E-state index < -0.39 is 0 Å². The van der Waals surface area contributed by atoms with E-state index >= 15 is 0 Å². The maximum absolute atomic E-state index is 11.1. The van der Waals surface area contributed by atoms with Crippen LogP contribution in [0.1, 0.15) is 44.6 Å². The highest BCUT2D eigenvalue weighted by Gasteiger charge is 2.44. The number of benzene rings is 4. The predicted octanol–water partition coefficient (Wildman–Crippen LogP) is 6.98. The van der Waals surface area contributed by atoms with Crippen molar-refractivity contribution in [3.8, 4) is 16.9 Å². The summed E-state index contributed by atoms with van der Waals surface area (Å²) >= 11 is 0. The van der Waals surface area contributed by atoms with Gasteiger partial charge in [-0.05, 0) is 84.5 Å². The zero-order valence-corrected chi connectivity index (χ0v) is 22.7. The lowest BCUT2D eigenvalue weighted by Gasteiger charge is -2.35. The number of methoxy groups -OCH3 is 1. The number of nitrogens with zero attached hydrogens (tertiary/aromatic N) is 1. The summed E-state index contributed by atoms with van der Waals surface area (Å²) in [4.78, 5) is 13.4. The van der Waals surface area contributed by atoms with E-state index in [1.54, 1.807) is 7.11 Å². The first kappa shape index (κ1) is 25.7. The molecule has 0 heterocycles. The van der Waals surface area contributed by atoms with Crippen LogP contribution in [0.25, 0.3) is 11.1 Å². The van der Waals surface area contributed by atoms with Gasteiger partial charge in [0.2, 0.25) is 0 Å². The van der Waals surface area contributed by atoms with Gasteiger partial charge in [-0.25, -0.2) is 0 Å². The number of carbonyl (C=O) groups excluding carboxylic acids is 1. The van der Waals surface area contributed by atoms with Crippen molar-refractivity contribution in [2.24, 2.45) is 0 Å². The molecule has 0 aliphatic heterocycles. The average molecular weight is 506 g/mol. The topological polar surface area (TPSA) is 38.8 Å². The van der Waals surface area contributed by atoms with Crippen LogP contribution in [0, 0.1) is 13.8 Å². The van der Waals surface area contributed by atoms with Crippen molar-refractivity contribution < 1.29 is 14.3 Å². The number of rotatable bonds is 10. The van der Waals surface area contributed by atoms with E-state index in [0.29, 0.717) is 18.8 Å². The van der Waals surface area contributed by atoms with E-state index in [4.69, 9.17) is 9.47 Å². The normalized spacial score (nSPS) is 13.1. The van der Waals surface area contributed by atoms with Gasteiger partial charge < -0.3 is 14.4 Å². The molecule has 1 aliphatic rings. The molecule has 0 N–H and O–H groups in total. The highest BCUT2D eigenvalue weighted by atomic mass is 16.5. The number of fused-ring (bicyclic) bond motifs is 3. The first-order valence-corrected chi connectivity index (χ1v) is 13.2. The molecule has 0 radical (unpaired) electrons. The molecule has 1 aliphatic carbocycles. The van der Waals surface area contributed by atoms with Gasteiger partial charge in [0.15, 0.2) is 0 Å². The Bertz CT molecular complexity index is 1370. The smallest absolute Gasteiger partial charge is 0.150 e. The van der Waals surface area contributed by atoms with Crippen LogP contribution in [0.5, 0.6) is 5.75 Å². The minimum Gasteiger partial charge on any atom is -0.491 e. The summed E-state index contributed by atoms with van der Waals surface area (Å²) < 4.78 is 11.0. The Labute approximate surface area is 225 Å². The summed E-state index contributed by atoms with van der Waals surface area (Å²) in [5.74, 6) is 0.847. The molecule has 38 heavy (non-hydrogen) atoms. The second-order valence-electron chi connectivity index (χ2n) is 10.2. The van der Waals surface area contributed by atoms with Crippen molar-refractivity contribution in [1.82, 2.24) is 0 Å². The summed E-state index contributed by atoms with van der Waals surface area (Å²) in [7, 11) is 3.81. The van der Waals surface area contributed by atoms with Gasteiger partial charge in [0.25, 0.3) is 0 Å². The molecular weight excluding hydrogens is 470 g/mol. The first-order valence-electron chi connectivity index (χ1n) is 13.2. The van der Waals surface area contributed by atoms with Gasteiger partial charge in [0, 0.05) is 37.4 Å². The minimum atomic E-state index is -0.301. The lowest BCUT2D eigenvalue weighted by molar-refractivity contribution is 0.112. The fourth-order valence-corrected chi connectivity index (χ4v) is 5.71. The van der Waals surface area contributed by atoms with E-state index in [-0.39, 0.29) is 5.41 Å². The Kier molecular flexibility index (Phi) is 7.35. The summed E-state index contributed by atoms with van der Waals surface area (Å²) in [6.45, 7) is 6.27. The molecule has 0 atom stereocenters. The van der Waals surface area contributed by atoms with E-state index in [1.807, 2.05) is 24.3 Å². The summed E-state index contributed by atoms with van der Waals surface area (Å²) in [5, 5.41) is 0. The minimum absolute atomic E-state index is 0.301. The van der Waals surface area contributed by atoms with Gasteiger partial charge in [-0.3, -0.25) is 4.79 Å². The van der Waals surface area contributed by atoms with Crippen LogP contribution in [0.3, 0.4) is 0 Å². The van der Waals surface area contributed by atoms with Gasteiger partial charge in [-0.15, -0.1) is 0 Å². The van der Waals surface area contributed by atoms with Crippen LogP contribution in [0.4, 0.5) is 5.69 Å². The third-order valence-electron chi connectivity index (χ3n) is 7.76. The lowest BCUT2D eigenvalue weighted by atomic mass is 9.69. The zero-order chi connectivity index (χ0) is 26.7. The Hall–Kier alpha value is -3.89. The van der Waals surface area contributed by atoms with Crippen molar-refractivity contribution >= 4 is 12.0 Å². The summed E-state index contributed by atoms with van der Waals surface area (Å²) in [6.07, 6.45) is 1.79. The second kappa shape index (κ2) is 10.8. The highest BCUT2D eigenvalue weighted by Crippen LogP contribution is 2.55. The van der Waals surface area contributed by atoms with Crippen LogP contribution in [0.15, 0.2) is 84.9 Å². The van der Waals surface area contributed by atoms with Crippen LogP contribution >= 0.6 is 0 Å². The Morgan fingerprint density at radius 3 is 1.95 bits per heavy atom. The molecule has 4 aromatic carbocycles. The Morgan fingerprint density at radius 2 is 1.39 bits per heavy atom. The second-order valence-corrected chi connectivity index (χ2v) is 10.2. The third-order valence-corrected chi connectivity index (χ3v) is 7.76. The van der Waals surface area contributed by atoms with Gasteiger partial charge >= 0.3 is 0 Å². The maximum atomic E-state index is 11.1. The van der Waals surface area contributed by atoms with Crippen molar-refractivity contribution in [1.29, 1.82) is 0 Å². The number of ether oxygens (including phenoxy) is 2. The third kappa shape index (κ3) is 4.72. The average Bonchev–Trinajstić information content (AvgIpc) is 3.21. The Balaban J connectivity index is 1.60. The summed E-state index contributed by atoms with van der Waals surface area (Å²) in [5.41, 5.74) is 10.6. The lowest BCUT2D eigenvalue weighted by Crippen LogP contribution is -2.33. The van der Waals surface area contributed by atoms with Gasteiger partial charge in [0.1, 0.15) is 18.6 Å². The van der Waals surface area contributed by atoms with E-state index in [0.717, 1.165) is 30.7 Å². The fourth-order valence-electron chi connectivity index (χ4n) is 5.71. The number of hydrogen-bond acceptors (Lipinski definition) is 4. The van der Waals surface area contributed by atoms with Crippen molar-refractivity contribution in [2.75, 3.05) is 38.8 Å². The van der Waals surface area contributed by atoms with Gasteiger partial charge in [-0.1, -0.05) is 59.7 Å². The van der Waals surface area contributed by atoms with Crippen LogP contribution in [0.2, 0.25) is 0 Å². The SMILES string of the molecule is COCCOc1ccc(C2(CCN(C)c3ccc(C=O)cc3)c3cc(C)ccc3-c3ccc(C)cc32)cc1. The molecule has 0 amide bonds. The van der Waals surface area contributed by atoms with Crippen LogP contribution < -0.4 is 9.64 Å². The Morgan fingerprint density at radius 1 is 0.789 bits per heavy atom. The van der Waals surface area contributed by atoms with Crippen LogP contribution in [-0.4, -0.2) is 40.2 Å². The van der Waals surface area contributed by atoms with Crippen molar-refractivity contribution in [3.63, 3.8) is 0 Å². The number of aryl methyl sites for hydroxylation is 2. The van der Waals surface area contributed by atoms with E-state index in [1.165, 1.54) is 38.9 Å². The van der Waals surface area contributed by atoms with E-state index in [2.05, 4.69) is 86.5 Å². The first-order chi connectivity index (χ1) is 18.5. The van der Waals surface area contributed by atoms with Crippen molar-refractivity contribution in [2.45, 2.75) is 25.7 Å². The molecule has 4 heteroatoms. The zero-order valence-electron chi connectivity index (χ0n) is 22.7. The molecule has 0 saturated heterocycles. The molecule has 0 bridgehead atoms. The summed E-state index contributed by atoms with van der Waals surface area (Å²) in [6, 6.07) is 30.1. The van der Waals surface area contributed by atoms with Crippen LogP contribution in [-0.2, 0) is 10.2 Å². The molecule has 5 rings (SSSR count). The van der Waals surface area contributed by atoms with Gasteiger partial charge in [-0.2, -0.15) is 0 Å². The molecule has 0 saturated carbocycles. The van der Waals surface area contributed by atoms with Gasteiger partial charge in [0.05, 0.1) is 6.61 Å². The molecule has 0 unspecified atom stereocenters. The molecular formula is C34H35NO3. The number of hydrogen-bond donors (Lipinski definition) is 0. The fraction of sp³-hybridized carbons (Fsp3) is 0.265. The highest BCUT2D eigenvalue weighted by molar-refractivity contribution is 5.84. The standard InChI is InChI=1S/C34H35NO3/c1-24-5-15-30-31-16-6-25(2)22-33(31)34(32(30)21-24,27-9-13-29(14-10-27)38-20-19-37-4)17-18-35(3)28-11-7-26(23-36)8-12-28/h5-16,21-23H,17-20H2,1-4H3. The number of carbonyl (C=O) groups is 1. The molecule has 0 aromatic heterocycles. The molecule has 4 nitrogen and oxygen atoms in total. The maximum Gasteiger partial charge on any atom is 0.150 e. The predicted molar refractivity (Wildman–Crippen MR) is 155 cm³/mol. The monoisotopic (exact) mass is 505 g/mol. The largest absolute Gasteiger partial charge is 0.491 e. The molecule has 0 fully saturated rings.